The Kier molecular flexibility index (Phi) is 3.37. The van der Waals surface area contributed by atoms with Crippen LogP contribution in [0.2, 0.25) is 0 Å². The first-order valence-electron chi connectivity index (χ1n) is 4.35. The number of allylic oxidation sites excluding steroid dienone is 3. The molecule has 0 aliphatic heterocycles. The minimum Gasteiger partial charge on any atom is -0.396 e. The molecule has 1 heteroatoms. The quantitative estimate of drug-likeness (QED) is 0.657. The Morgan fingerprint density at radius 3 is 2.91 bits per heavy atom. The molecule has 1 atom stereocenters. The normalized spacial score (nSPS) is 23.5. The maximum absolute atomic E-state index is 8.83. The van der Waals surface area contributed by atoms with Crippen molar-refractivity contribution >= 4 is 0 Å². The van der Waals surface area contributed by atoms with Gasteiger partial charge < -0.3 is 5.11 Å². The predicted octanol–water partition coefficient (Wildman–Crippen LogP) is 2.28. The second-order valence-electron chi connectivity index (χ2n) is 3.07. The van der Waals surface area contributed by atoms with E-state index in [1.54, 1.807) is 0 Å². The number of rotatable bonds is 3. The van der Waals surface area contributed by atoms with E-state index < -0.39 is 0 Å². The second kappa shape index (κ2) is 4.35. The van der Waals surface area contributed by atoms with Gasteiger partial charge in [-0.25, -0.2) is 0 Å². The van der Waals surface area contributed by atoms with Crippen molar-refractivity contribution in [1.29, 1.82) is 0 Å². The van der Waals surface area contributed by atoms with Gasteiger partial charge in [0.05, 0.1) is 0 Å². The zero-order chi connectivity index (χ0) is 8.10. The van der Waals surface area contributed by atoms with Gasteiger partial charge in [-0.15, -0.1) is 0 Å². The van der Waals surface area contributed by atoms with Crippen LogP contribution in [0.25, 0.3) is 0 Å². The van der Waals surface area contributed by atoms with E-state index in [-0.39, 0.29) is 6.61 Å². The van der Waals surface area contributed by atoms with Crippen LogP contribution in [0.1, 0.15) is 26.2 Å². The van der Waals surface area contributed by atoms with Gasteiger partial charge in [0.15, 0.2) is 0 Å². The monoisotopic (exact) mass is 152 g/mol. The SMILES string of the molecule is CCCC1=CCC(CO)C=C1. The predicted molar refractivity (Wildman–Crippen MR) is 47.3 cm³/mol. The van der Waals surface area contributed by atoms with Gasteiger partial charge in [0, 0.05) is 12.5 Å². The van der Waals surface area contributed by atoms with Gasteiger partial charge in [0.2, 0.25) is 0 Å². The van der Waals surface area contributed by atoms with Gasteiger partial charge in [-0.3, -0.25) is 0 Å². The zero-order valence-corrected chi connectivity index (χ0v) is 7.09. The Morgan fingerprint density at radius 1 is 1.64 bits per heavy atom. The molecule has 0 fully saturated rings. The molecule has 0 bridgehead atoms. The highest BCUT2D eigenvalue weighted by molar-refractivity contribution is 5.23. The van der Waals surface area contributed by atoms with E-state index in [1.807, 2.05) is 0 Å². The molecule has 0 saturated heterocycles. The van der Waals surface area contributed by atoms with E-state index in [0.717, 1.165) is 6.42 Å². The number of aliphatic hydroxyl groups is 1. The van der Waals surface area contributed by atoms with Crippen LogP contribution in [0.4, 0.5) is 0 Å². The van der Waals surface area contributed by atoms with Crippen LogP contribution >= 0.6 is 0 Å². The molecule has 0 heterocycles. The summed E-state index contributed by atoms with van der Waals surface area (Å²) in [6.45, 7) is 2.47. The van der Waals surface area contributed by atoms with Gasteiger partial charge in [-0.05, 0) is 12.8 Å². The summed E-state index contributed by atoms with van der Waals surface area (Å²) in [5, 5.41) is 8.83. The van der Waals surface area contributed by atoms with Crippen molar-refractivity contribution in [3.63, 3.8) is 0 Å². The Morgan fingerprint density at radius 2 is 2.45 bits per heavy atom. The molecular weight excluding hydrogens is 136 g/mol. The van der Waals surface area contributed by atoms with Crippen molar-refractivity contribution in [2.75, 3.05) is 6.61 Å². The highest BCUT2D eigenvalue weighted by Crippen LogP contribution is 2.18. The molecule has 0 aromatic rings. The van der Waals surface area contributed by atoms with Gasteiger partial charge in [0.1, 0.15) is 0 Å². The van der Waals surface area contributed by atoms with Crippen molar-refractivity contribution in [3.05, 3.63) is 23.8 Å². The molecule has 11 heavy (non-hydrogen) atoms. The van der Waals surface area contributed by atoms with Gasteiger partial charge in [-0.1, -0.05) is 37.1 Å². The number of aliphatic hydroxyl groups excluding tert-OH is 1. The summed E-state index contributed by atoms with van der Waals surface area (Å²) in [6.07, 6.45) is 9.90. The van der Waals surface area contributed by atoms with Crippen LogP contribution in [-0.2, 0) is 0 Å². The van der Waals surface area contributed by atoms with Crippen molar-refractivity contribution in [2.24, 2.45) is 5.92 Å². The van der Waals surface area contributed by atoms with Gasteiger partial charge in [-0.2, -0.15) is 0 Å². The van der Waals surface area contributed by atoms with Crippen LogP contribution in [0, 0.1) is 5.92 Å². The van der Waals surface area contributed by atoms with Crippen LogP contribution in [0.5, 0.6) is 0 Å². The minimum absolute atomic E-state index is 0.284. The fraction of sp³-hybridized carbons (Fsp3) is 0.600. The summed E-state index contributed by atoms with van der Waals surface area (Å²) in [7, 11) is 0. The van der Waals surface area contributed by atoms with Crippen molar-refractivity contribution < 1.29 is 5.11 Å². The number of hydrogen-bond acceptors (Lipinski definition) is 1. The largest absolute Gasteiger partial charge is 0.396 e. The summed E-state index contributed by atoms with van der Waals surface area (Å²) in [4.78, 5) is 0. The molecule has 62 valence electrons. The van der Waals surface area contributed by atoms with E-state index in [0.29, 0.717) is 5.92 Å². The molecule has 0 spiro atoms. The Labute approximate surface area is 68.4 Å². The first-order chi connectivity index (χ1) is 5.36. The first-order valence-corrected chi connectivity index (χ1v) is 4.35. The molecule has 0 radical (unpaired) electrons. The van der Waals surface area contributed by atoms with Crippen molar-refractivity contribution in [2.45, 2.75) is 26.2 Å². The first kappa shape index (κ1) is 8.54. The third kappa shape index (κ3) is 2.51. The third-order valence-corrected chi connectivity index (χ3v) is 2.04. The van der Waals surface area contributed by atoms with Crippen LogP contribution < -0.4 is 0 Å². The highest BCUT2D eigenvalue weighted by Gasteiger charge is 2.05. The molecule has 0 saturated carbocycles. The molecule has 0 aromatic heterocycles. The summed E-state index contributed by atoms with van der Waals surface area (Å²) in [6, 6.07) is 0. The maximum atomic E-state index is 8.83. The van der Waals surface area contributed by atoms with Gasteiger partial charge >= 0.3 is 0 Å². The third-order valence-electron chi connectivity index (χ3n) is 2.04. The molecule has 1 unspecified atom stereocenters. The lowest BCUT2D eigenvalue weighted by molar-refractivity contribution is 0.253. The Balaban J connectivity index is 2.39. The molecule has 1 rings (SSSR count). The fourth-order valence-electron chi connectivity index (χ4n) is 1.32. The molecule has 0 amide bonds. The van der Waals surface area contributed by atoms with Crippen LogP contribution in [0.15, 0.2) is 23.8 Å². The highest BCUT2D eigenvalue weighted by atomic mass is 16.3. The molecule has 1 N–H and O–H groups in total. The standard InChI is InChI=1S/C10H16O/c1-2-3-9-4-6-10(8-11)7-5-9/h4-6,10-11H,2-3,7-8H2,1H3. The average Bonchev–Trinajstić information content (AvgIpc) is 2.07. The molecule has 1 aliphatic carbocycles. The topological polar surface area (TPSA) is 20.2 Å². The Bertz CT molecular complexity index is 168. The van der Waals surface area contributed by atoms with Crippen molar-refractivity contribution in [1.82, 2.24) is 0 Å². The lowest BCUT2D eigenvalue weighted by Crippen LogP contribution is -2.04. The Hall–Kier alpha value is -0.560. The summed E-state index contributed by atoms with van der Waals surface area (Å²) in [5.41, 5.74) is 1.43. The molecule has 1 nitrogen and oxygen atoms in total. The summed E-state index contributed by atoms with van der Waals surface area (Å²) in [5.74, 6) is 0.371. The minimum atomic E-state index is 0.284. The average molecular weight is 152 g/mol. The summed E-state index contributed by atoms with van der Waals surface area (Å²) < 4.78 is 0. The van der Waals surface area contributed by atoms with E-state index in [4.69, 9.17) is 5.11 Å². The number of hydrogen-bond donors (Lipinski definition) is 1. The van der Waals surface area contributed by atoms with E-state index >= 15 is 0 Å². The summed E-state index contributed by atoms with van der Waals surface area (Å²) >= 11 is 0. The lowest BCUT2D eigenvalue weighted by Gasteiger charge is -2.12. The van der Waals surface area contributed by atoms with E-state index in [9.17, 15) is 0 Å². The smallest absolute Gasteiger partial charge is 0.0496 e. The molecular formula is C10H16O. The fourth-order valence-corrected chi connectivity index (χ4v) is 1.32. The van der Waals surface area contributed by atoms with Crippen LogP contribution in [-0.4, -0.2) is 11.7 Å². The molecule has 1 aliphatic rings. The lowest BCUT2D eigenvalue weighted by atomic mass is 9.95. The zero-order valence-electron chi connectivity index (χ0n) is 7.09. The molecule has 0 aromatic carbocycles. The second-order valence-corrected chi connectivity index (χ2v) is 3.07. The van der Waals surface area contributed by atoms with Gasteiger partial charge in [0.25, 0.3) is 0 Å². The van der Waals surface area contributed by atoms with Crippen LogP contribution in [0.3, 0.4) is 0 Å². The maximum Gasteiger partial charge on any atom is 0.0496 e. The van der Waals surface area contributed by atoms with Crippen molar-refractivity contribution in [3.8, 4) is 0 Å². The van der Waals surface area contributed by atoms with E-state index in [2.05, 4.69) is 25.2 Å². The van der Waals surface area contributed by atoms with E-state index in [1.165, 1.54) is 18.4 Å².